The fourth-order valence-corrected chi connectivity index (χ4v) is 2.93. The van der Waals surface area contributed by atoms with Crippen LogP contribution in [0, 0.1) is 12.8 Å². The topological polar surface area (TPSA) is 72.2 Å². The molecule has 1 fully saturated rings. The predicted molar refractivity (Wildman–Crippen MR) is 74.8 cm³/mol. The molecule has 1 aliphatic carbocycles. The highest BCUT2D eigenvalue weighted by molar-refractivity contribution is 5.91. The summed E-state index contributed by atoms with van der Waals surface area (Å²) in [5, 5.41) is 6.46. The van der Waals surface area contributed by atoms with E-state index in [0.29, 0.717) is 19.3 Å². The molecule has 2 atom stereocenters. The molecule has 0 radical (unpaired) electrons. The normalized spacial score (nSPS) is 22.3. The van der Waals surface area contributed by atoms with Gasteiger partial charge in [-0.25, -0.2) is 9.50 Å². The molecular formula is C14H16F3N5O. The number of halogens is 3. The number of hydrogen-bond donors (Lipinski definition) is 1. The first kappa shape index (κ1) is 15.7. The number of fused-ring (bicyclic) bond motifs is 1. The molecule has 1 aliphatic rings. The molecule has 0 bridgehead atoms. The van der Waals surface area contributed by atoms with Crippen molar-refractivity contribution in [2.45, 2.75) is 44.8 Å². The third-order valence-corrected chi connectivity index (χ3v) is 4.14. The van der Waals surface area contributed by atoms with E-state index >= 15 is 0 Å². The van der Waals surface area contributed by atoms with Crippen molar-refractivity contribution in [2.24, 2.45) is 5.92 Å². The largest absolute Gasteiger partial charge is 0.393 e. The molecule has 0 unspecified atom stereocenters. The zero-order valence-corrected chi connectivity index (χ0v) is 12.5. The van der Waals surface area contributed by atoms with Gasteiger partial charge in [-0.1, -0.05) is 12.8 Å². The van der Waals surface area contributed by atoms with Crippen molar-refractivity contribution in [3.8, 4) is 0 Å². The Bertz CT molecular complexity index is 727. The lowest BCUT2D eigenvalue weighted by Crippen LogP contribution is -2.47. The van der Waals surface area contributed by atoms with E-state index in [2.05, 4.69) is 20.4 Å². The molecule has 2 aromatic heterocycles. The lowest BCUT2D eigenvalue weighted by Gasteiger charge is -2.33. The van der Waals surface area contributed by atoms with Crippen LogP contribution in [0.3, 0.4) is 0 Å². The first-order valence-corrected chi connectivity index (χ1v) is 7.42. The molecule has 9 heteroatoms. The van der Waals surface area contributed by atoms with E-state index in [1.54, 1.807) is 13.0 Å². The van der Waals surface area contributed by atoms with Gasteiger partial charge in [0.25, 0.3) is 11.7 Å². The summed E-state index contributed by atoms with van der Waals surface area (Å²) in [7, 11) is 0. The van der Waals surface area contributed by atoms with Gasteiger partial charge in [-0.3, -0.25) is 4.79 Å². The molecule has 6 nitrogen and oxygen atoms in total. The zero-order chi connectivity index (χ0) is 16.6. The van der Waals surface area contributed by atoms with Gasteiger partial charge in [0.15, 0.2) is 0 Å². The third-order valence-electron chi connectivity index (χ3n) is 4.14. The van der Waals surface area contributed by atoms with Gasteiger partial charge in [0, 0.05) is 17.9 Å². The standard InChI is InChI=1S/C14H16F3N5O/c1-8-6-7-18-13-20-11(21-22(8)13)12(23)19-10-5-3-2-4-9(10)14(15,16)17/h6-7,9-10H,2-5H2,1H3,(H,19,23)/t9-,10-/m0/s1. The Labute approximate surface area is 130 Å². The van der Waals surface area contributed by atoms with Crippen LogP contribution in [0.25, 0.3) is 5.78 Å². The van der Waals surface area contributed by atoms with Crippen LogP contribution < -0.4 is 5.32 Å². The third kappa shape index (κ3) is 3.13. The van der Waals surface area contributed by atoms with Crippen molar-refractivity contribution in [3.63, 3.8) is 0 Å². The molecule has 0 spiro atoms. The van der Waals surface area contributed by atoms with E-state index in [4.69, 9.17) is 0 Å². The van der Waals surface area contributed by atoms with Gasteiger partial charge in [0.2, 0.25) is 5.82 Å². The molecule has 124 valence electrons. The summed E-state index contributed by atoms with van der Waals surface area (Å²) in [5.74, 6) is -2.14. The Kier molecular flexibility index (Phi) is 3.95. The fourth-order valence-electron chi connectivity index (χ4n) is 2.93. The maximum atomic E-state index is 13.1. The van der Waals surface area contributed by atoms with Gasteiger partial charge in [0.05, 0.1) is 5.92 Å². The molecule has 1 saturated carbocycles. The van der Waals surface area contributed by atoms with Crippen LogP contribution in [0.5, 0.6) is 0 Å². The van der Waals surface area contributed by atoms with E-state index in [0.717, 1.165) is 5.69 Å². The molecule has 3 rings (SSSR count). The van der Waals surface area contributed by atoms with Gasteiger partial charge in [0.1, 0.15) is 0 Å². The number of carbonyl (C=O) groups is 1. The number of hydrogen-bond acceptors (Lipinski definition) is 4. The monoisotopic (exact) mass is 327 g/mol. The summed E-state index contributed by atoms with van der Waals surface area (Å²) in [6.45, 7) is 1.77. The summed E-state index contributed by atoms with van der Waals surface area (Å²) in [5.41, 5.74) is 0.729. The highest BCUT2D eigenvalue weighted by atomic mass is 19.4. The quantitative estimate of drug-likeness (QED) is 0.918. The zero-order valence-electron chi connectivity index (χ0n) is 12.5. The van der Waals surface area contributed by atoms with Crippen molar-refractivity contribution >= 4 is 11.7 Å². The van der Waals surface area contributed by atoms with Crippen LogP contribution in [0.2, 0.25) is 0 Å². The van der Waals surface area contributed by atoms with Crippen molar-refractivity contribution < 1.29 is 18.0 Å². The number of aryl methyl sites for hydroxylation is 1. The SMILES string of the molecule is Cc1ccnc2nc(C(=O)N[C@H]3CCCC[C@@H]3C(F)(F)F)nn12. The lowest BCUT2D eigenvalue weighted by atomic mass is 9.84. The Balaban J connectivity index is 1.80. The van der Waals surface area contributed by atoms with Crippen LogP contribution in [-0.4, -0.2) is 37.7 Å². The average Bonchev–Trinajstić information content (AvgIpc) is 2.92. The molecule has 1 N–H and O–H groups in total. The number of nitrogens with one attached hydrogen (secondary N) is 1. The molecule has 0 aliphatic heterocycles. The van der Waals surface area contributed by atoms with Gasteiger partial charge in [-0.05, 0) is 25.8 Å². The average molecular weight is 327 g/mol. The number of rotatable bonds is 2. The van der Waals surface area contributed by atoms with Crippen LogP contribution >= 0.6 is 0 Å². The molecule has 2 aromatic rings. The number of alkyl halides is 3. The summed E-state index contributed by atoms with van der Waals surface area (Å²) in [6.07, 6.45) is -1.26. The smallest absolute Gasteiger partial charge is 0.346 e. The van der Waals surface area contributed by atoms with Crippen LogP contribution in [-0.2, 0) is 0 Å². The van der Waals surface area contributed by atoms with Gasteiger partial charge >= 0.3 is 6.18 Å². The molecular weight excluding hydrogens is 311 g/mol. The minimum Gasteiger partial charge on any atom is -0.346 e. The molecule has 1 amide bonds. The van der Waals surface area contributed by atoms with E-state index in [-0.39, 0.29) is 18.0 Å². The van der Waals surface area contributed by atoms with Crippen LogP contribution in [0.4, 0.5) is 13.2 Å². The Morgan fingerprint density at radius 3 is 2.78 bits per heavy atom. The number of aromatic nitrogens is 4. The Morgan fingerprint density at radius 1 is 1.35 bits per heavy atom. The summed E-state index contributed by atoms with van der Waals surface area (Å²) < 4.78 is 40.6. The molecule has 0 aromatic carbocycles. The second-order valence-electron chi connectivity index (χ2n) is 5.75. The lowest BCUT2D eigenvalue weighted by molar-refractivity contribution is -0.187. The van der Waals surface area contributed by atoms with Crippen molar-refractivity contribution in [1.29, 1.82) is 0 Å². The highest BCUT2D eigenvalue weighted by Crippen LogP contribution is 2.37. The van der Waals surface area contributed by atoms with Crippen LogP contribution in [0.15, 0.2) is 12.3 Å². The van der Waals surface area contributed by atoms with E-state index in [9.17, 15) is 18.0 Å². The molecule has 2 heterocycles. The van der Waals surface area contributed by atoms with Gasteiger partial charge in [-0.2, -0.15) is 18.2 Å². The highest BCUT2D eigenvalue weighted by Gasteiger charge is 2.46. The fraction of sp³-hybridized carbons (Fsp3) is 0.571. The summed E-state index contributed by atoms with van der Waals surface area (Å²) in [6, 6.07) is 0.765. The van der Waals surface area contributed by atoms with E-state index in [1.807, 2.05) is 0 Å². The number of nitrogens with zero attached hydrogens (tertiary/aromatic N) is 4. The summed E-state index contributed by atoms with van der Waals surface area (Å²) in [4.78, 5) is 20.2. The second-order valence-corrected chi connectivity index (χ2v) is 5.75. The van der Waals surface area contributed by atoms with E-state index in [1.165, 1.54) is 10.7 Å². The molecule has 0 saturated heterocycles. The molecule has 23 heavy (non-hydrogen) atoms. The maximum absolute atomic E-state index is 13.1. The minimum atomic E-state index is -4.32. The van der Waals surface area contributed by atoms with Gasteiger partial charge in [-0.15, -0.1) is 5.10 Å². The second kappa shape index (κ2) is 5.78. The number of carbonyl (C=O) groups excluding carboxylic acids is 1. The first-order valence-electron chi connectivity index (χ1n) is 7.42. The summed E-state index contributed by atoms with van der Waals surface area (Å²) >= 11 is 0. The maximum Gasteiger partial charge on any atom is 0.393 e. The van der Waals surface area contributed by atoms with Crippen LogP contribution in [0.1, 0.15) is 42.0 Å². The van der Waals surface area contributed by atoms with Gasteiger partial charge < -0.3 is 5.32 Å². The van der Waals surface area contributed by atoms with E-state index < -0.39 is 24.0 Å². The van der Waals surface area contributed by atoms with Crippen molar-refractivity contribution in [2.75, 3.05) is 0 Å². The minimum absolute atomic E-state index is 0.0354. The van der Waals surface area contributed by atoms with Crippen molar-refractivity contribution in [1.82, 2.24) is 24.9 Å². The van der Waals surface area contributed by atoms with Crippen molar-refractivity contribution in [3.05, 3.63) is 23.8 Å². The number of amides is 1. The Morgan fingerprint density at radius 2 is 2.09 bits per heavy atom. The Hall–Kier alpha value is -2.19. The first-order chi connectivity index (χ1) is 10.9. The predicted octanol–water partition coefficient (Wildman–Crippen LogP) is 2.28.